The molecule has 1 N–H and O–H groups in total. The monoisotopic (exact) mass is 245 g/mol. The second kappa shape index (κ2) is 5.88. The maximum atomic E-state index is 5.38. The van der Waals surface area contributed by atoms with E-state index in [1.165, 1.54) is 5.56 Å². The topological polar surface area (TPSA) is 28.2 Å². The quantitative estimate of drug-likeness (QED) is 0.825. The van der Waals surface area contributed by atoms with Crippen LogP contribution in [0.5, 0.6) is 0 Å². The highest BCUT2D eigenvalue weighted by Crippen LogP contribution is 2.20. The molecule has 0 spiro atoms. The standard InChI is InChI=1S/C15H23N3/c1-7-8-18(6)14-9-12(2)16-10-13(14)11-17-15(3,4)5/h1,9-10,17H,8,11H2,2-6H3. The highest BCUT2D eigenvalue weighted by Gasteiger charge is 2.12. The third-order valence-electron chi connectivity index (χ3n) is 2.65. The Bertz CT molecular complexity index is 438. The minimum atomic E-state index is 0.0901. The first-order valence-corrected chi connectivity index (χ1v) is 6.18. The second-order valence-corrected chi connectivity index (χ2v) is 5.62. The summed E-state index contributed by atoms with van der Waals surface area (Å²) in [4.78, 5) is 6.44. The van der Waals surface area contributed by atoms with Crippen LogP contribution in [-0.2, 0) is 6.54 Å². The van der Waals surface area contributed by atoms with Gasteiger partial charge in [0.05, 0.1) is 6.54 Å². The van der Waals surface area contributed by atoms with Crippen molar-refractivity contribution in [2.45, 2.75) is 39.8 Å². The third-order valence-corrected chi connectivity index (χ3v) is 2.65. The molecule has 0 atom stereocenters. The van der Waals surface area contributed by atoms with Gasteiger partial charge in [-0.15, -0.1) is 6.42 Å². The van der Waals surface area contributed by atoms with Gasteiger partial charge in [-0.25, -0.2) is 0 Å². The highest BCUT2D eigenvalue weighted by atomic mass is 15.1. The molecular weight excluding hydrogens is 222 g/mol. The average molecular weight is 245 g/mol. The molecule has 3 nitrogen and oxygen atoms in total. The summed E-state index contributed by atoms with van der Waals surface area (Å²) in [6.45, 7) is 9.85. The van der Waals surface area contributed by atoms with Crippen LogP contribution in [0.4, 0.5) is 5.69 Å². The van der Waals surface area contributed by atoms with Crippen LogP contribution in [0.25, 0.3) is 0 Å². The Hall–Kier alpha value is -1.53. The summed E-state index contributed by atoms with van der Waals surface area (Å²) in [5.41, 5.74) is 3.42. The number of nitrogens with one attached hydrogen (secondary N) is 1. The van der Waals surface area contributed by atoms with Gasteiger partial charge in [-0.3, -0.25) is 4.98 Å². The van der Waals surface area contributed by atoms with E-state index in [4.69, 9.17) is 6.42 Å². The molecule has 0 aliphatic rings. The molecule has 18 heavy (non-hydrogen) atoms. The minimum Gasteiger partial charge on any atom is -0.363 e. The zero-order valence-electron chi connectivity index (χ0n) is 12.0. The fourth-order valence-electron chi connectivity index (χ4n) is 1.65. The Morgan fingerprint density at radius 1 is 1.44 bits per heavy atom. The maximum absolute atomic E-state index is 5.38. The van der Waals surface area contributed by atoms with Gasteiger partial charge >= 0.3 is 0 Å². The van der Waals surface area contributed by atoms with E-state index in [9.17, 15) is 0 Å². The summed E-state index contributed by atoms with van der Waals surface area (Å²) in [6.07, 6.45) is 7.30. The summed E-state index contributed by atoms with van der Waals surface area (Å²) in [7, 11) is 2.01. The molecule has 0 aromatic carbocycles. The third kappa shape index (κ3) is 4.38. The van der Waals surface area contributed by atoms with Crippen LogP contribution in [0.3, 0.4) is 0 Å². The van der Waals surface area contributed by atoms with Gasteiger partial charge in [0.25, 0.3) is 0 Å². The van der Waals surface area contributed by atoms with E-state index in [2.05, 4.69) is 48.0 Å². The zero-order valence-corrected chi connectivity index (χ0v) is 12.0. The van der Waals surface area contributed by atoms with E-state index in [1.807, 2.05) is 20.2 Å². The summed E-state index contributed by atoms with van der Waals surface area (Å²) in [5.74, 6) is 2.67. The zero-order chi connectivity index (χ0) is 13.8. The van der Waals surface area contributed by atoms with Crippen LogP contribution in [0.15, 0.2) is 12.3 Å². The maximum Gasteiger partial charge on any atom is 0.0788 e. The molecule has 98 valence electrons. The predicted molar refractivity (Wildman–Crippen MR) is 77.7 cm³/mol. The second-order valence-electron chi connectivity index (χ2n) is 5.62. The van der Waals surface area contributed by atoms with Crippen molar-refractivity contribution in [3.05, 3.63) is 23.5 Å². The van der Waals surface area contributed by atoms with E-state index in [0.717, 1.165) is 17.9 Å². The van der Waals surface area contributed by atoms with Crippen LogP contribution >= 0.6 is 0 Å². The molecule has 0 fully saturated rings. The van der Waals surface area contributed by atoms with Gasteiger partial charge in [-0.05, 0) is 33.8 Å². The molecule has 1 aromatic rings. The molecular formula is C15H23N3. The Balaban J connectivity index is 2.93. The minimum absolute atomic E-state index is 0.0901. The normalized spacial score (nSPS) is 11.1. The average Bonchev–Trinajstić information content (AvgIpc) is 2.26. The Morgan fingerprint density at radius 3 is 2.67 bits per heavy atom. The lowest BCUT2D eigenvalue weighted by Crippen LogP contribution is -2.35. The van der Waals surface area contributed by atoms with E-state index >= 15 is 0 Å². The number of pyridine rings is 1. The number of aromatic nitrogens is 1. The molecule has 0 aliphatic heterocycles. The van der Waals surface area contributed by atoms with E-state index < -0.39 is 0 Å². The lowest BCUT2D eigenvalue weighted by Gasteiger charge is -2.24. The van der Waals surface area contributed by atoms with Gasteiger partial charge in [0.1, 0.15) is 0 Å². The van der Waals surface area contributed by atoms with Crippen molar-refractivity contribution in [1.82, 2.24) is 10.3 Å². The van der Waals surface area contributed by atoms with Gasteiger partial charge in [0.2, 0.25) is 0 Å². The van der Waals surface area contributed by atoms with Crippen molar-refractivity contribution in [3.63, 3.8) is 0 Å². The summed E-state index contributed by atoms with van der Waals surface area (Å²) in [5, 5.41) is 3.48. The molecule has 0 amide bonds. The largest absolute Gasteiger partial charge is 0.363 e. The lowest BCUT2D eigenvalue weighted by molar-refractivity contribution is 0.424. The summed E-state index contributed by atoms with van der Waals surface area (Å²) in [6, 6.07) is 2.08. The number of hydrogen-bond acceptors (Lipinski definition) is 3. The van der Waals surface area contributed by atoms with Crippen molar-refractivity contribution in [1.29, 1.82) is 0 Å². The molecule has 0 saturated carbocycles. The lowest BCUT2D eigenvalue weighted by atomic mass is 10.1. The highest BCUT2D eigenvalue weighted by molar-refractivity contribution is 5.53. The van der Waals surface area contributed by atoms with Crippen molar-refractivity contribution < 1.29 is 0 Å². The number of rotatable bonds is 4. The van der Waals surface area contributed by atoms with Gasteiger partial charge in [0, 0.05) is 42.3 Å². The predicted octanol–water partition coefficient (Wildman–Crippen LogP) is 2.35. The molecule has 1 heterocycles. The van der Waals surface area contributed by atoms with Crippen LogP contribution in [-0.4, -0.2) is 24.1 Å². The number of hydrogen-bond donors (Lipinski definition) is 1. The van der Waals surface area contributed by atoms with Crippen molar-refractivity contribution in [2.75, 3.05) is 18.5 Å². The van der Waals surface area contributed by atoms with Crippen LogP contribution < -0.4 is 10.2 Å². The summed E-state index contributed by atoms with van der Waals surface area (Å²) < 4.78 is 0. The summed E-state index contributed by atoms with van der Waals surface area (Å²) >= 11 is 0. The SMILES string of the molecule is C#CCN(C)c1cc(C)ncc1CNC(C)(C)C. The van der Waals surface area contributed by atoms with Crippen LogP contribution in [0, 0.1) is 19.3 Å². The molecule has 3 heteroatoms. The first kappa shape index (κ1) is 14.5. The van der Waals surface area contributed by atoms with Crippen molar-refractivity contribution >= 4 is 5.69 Å². The van der Waals surface area contributed by atoms with Gasteiger partial charge in [-0.1, -0.05) is 5.92 Å². The van der Waals surface area contributed by atoms with Gasteiger partial charge in [0.15, 0.2) is 0 Å². The Kier molecular flexibility index (Phi) is 4.75. The van der Waals surface area contributed by atoms with E-state index in [1.54, 1.807) is 0 Å². The van der Waals surface area contributed by atoms with Crippen LogP contribution in [0.1, 0.15) is 32.0 Å². The number of aryl methyl sites for hydroxylation is 1. The molecule has 1 aromatic heterocycles. The molecule has 0 unspecified atom stereocenters. The fraction of sp³-hybridized carbons (Fsp3) is 0.533. The Labute approximate surface area is 111 Å². The van der Waals surface area contributed by atoms with Crippen molar-refractivity contribution in [3.8, 4) is 12.3 Å². The smallest absolute Gasteiger partial charge is 0.0788 e. The molecule has 0 bridgehead atoms. The number of nitrogens with zero attached hydrogens (tertiary/aromatic N) is 2. The first-order chi connectivity index (χ1) is 8.33. The van der Waals surface area contributed by atoms with Crippen molar-refractivity contribution in [2.24, 2.45) is 0 Å². The Morgan fingerprint density at radius 2 is 2.11 bits per heavy atom. The molecule has 0 saturated heterocycles. The molecule has 1 rings (SSSR count). The number of anilines is 1. The first-order valence-electron chi connectivity index (χ1n) is 6.18. The molecule has 0 radical (unpaired) electrons. The van der Waals surface area contributed by atoms with Crippen LogP contribution in [0.2, 0.25) is 0 Å². The molecule has 0 aliphatic carbocycles. The van der Waals surface area contributed by atoms with E-state index in [0.29, 0.717) is 6.54 Å². The fourth-order valence-corrected chi connectivity index (χ4v) is 1.65. The van der Waals surface area contributed by atoms with Gasteiger partial charge in [-0.2, -0.15) is 0 Å². The van der Waals surface area contributed by atoms with Gasteiger partial charge < -0.3 is 10.2 Å². The van der Waals surface area contributed by atoms with E-state index in [-0.39, 0.29) is 5.54 Å². The number of terminal acetylenes is 1.